The Morgan fingerprint density at radius 1 is 1.21 bits per heavy atom. The molecule has 8 heteroatoms. The summed E-state index contributed by atoms with van der Waals surface area (Å²) >= 11 is 0. The Morgan fingerprint density at radius 2 is 1.96 bits per heavy atom. The molecule has 0 unspecified atom stereocenters. The van der Waals surface area contributed by atoms with Crippen molar-refractivity contribution < 1.29 is 29.1 Å². The summed E-state index contributed by atoms with van der Waals surface area (Å²) in [6, 6.07) is 9.97. The van der Waals surface area contributed by atoms with Gasteiger partial charge in [-0.15, -0.1) is 5.48 Å². The third-order valence-electron chi connectivity index (χ3n) is 4.09. The summed E-state index contributed by atoms with van der Waals surface area (Å²) in [5.74, 6) is -0.610. The Bertz CT molecular complexity index is 1060. The molecule has 3 N–H and O–H groups in total. The van der Waals surface area contributed by atoms with Gasteiger partial charge in [-0.3, -0.25) is 9.59 Å². The molecule has 3 aromatic rings. The maximum absolute atomic E-state index is 12.7. The zero-order chi connectivity index (χ0) is 20.1. The molecular weight excluding hydrogens is 366 g/mol. The molecule has 0 saturated carbocycles. The minimum Gasteiger partial charge on any atom is -0.508 e. The average Bonchev–Trinajstić information content (AvgIpc) is 2.69. The molecule has 0 spiro atoms. The minimum atomic E-state index is -1.01. The molecule has 0 radical (unpaired) electrons. The highest BCUT2D eigenvalue weighted by molar-refractivity contribution is 5.82. The first kappa shape index (κ1) is 19.1. The van der Waals surface area contributed by atoms with Crippen LogP contribution in [0.4, 0.5) is 0 Å². The van der Waals surface area contributed by atoms with Crippen molar-refractivity contribution in [1.29, 1.82) is 0 Å². The number of nitrogens with one attached hydrogen (secondary N) is 1. The van der Waals surface area contributed by atoms with Gasteiger partial charge in [0.15, 0.2) is 11.2 Å². The standard InChI is InChI=1S/C20H17NO7/c22-10-13(3-8-19(24)25)21-28-15-6-7-16-18(9-15)27-11-17(20(16)26)12-1-4-14(23)5-2-12/h1-2,4-7,9-11,13,21,23H,3,8H2,(H,24,25)/t13-/m0/s1. The van der Waals surface area contributed by atoms with Crippen molar-refractivity contribution in [3.8, 4) is 22.6 Å². The maximum Gasteiger partial charge on any atom is 0.303 e. The molecule has 1 atom stereocenters. The van der Waals surface area contributed by atoms with Gasteiger partial charge in [-0.1, -0.05) is 12.1 Å². The van der Waals surface area contributed by atoms with Gasteiger partial charge in [0.2, 0.25) is 0 Å². The van der Waals surface area contributed by atoms with Crippen LogP contribution < -0.4 is 15.7 Å². The fraction of sp³-hybridized carbons (Fsp3) is 0.150. The van der Waals surface area contributed by atoms with E-state index >= 15 is 0 Å². The van der Waals surface area contributed by atoms with Crippen LogP contribution in [0.1, 0.15) is 12.8 Å². The van der Waals surface area contributed by atoms with Crippen LogP contribution in [0.3, 0.4) is 0 Å². The van der Waals surface area contributed by atoms with Crippen molar-refractivity contribution >= 4 is 23.2 Å². The van der Waals surface area contributed by atoms with E-state index in [1.54, 1.807) is 12.1 Å². The highest BCUT2D eigenvalue weighted by Crippen LogP contribution is 2.24. The van der Waals surface area contributed by atoms with E-state index in [1.807, 2.05) is 0 Å². The number of phenolic OH excluding ortho intramolecular Hbond substituents is 1. The van der Waals surface area contributed by atoms with Gasteiger partial charge >= 0.3 is 5.97 Å². The van der Waals surface area contributed by atoms with Crippen molar-refractivity contribution in [2.75, 3.05) is 0 Å². The number of hydrogen-bond acceptors (Lipinski definition) is 7. The first-order chi connectivity index (χ1) is 13.5. The summed E-state index contributed by atoms with van der Waals surface area (Å²) < 4.78 is 5.54. The summed E-state index contributed by atoms with van der Waals surface area (Å²) in [4.78, 5) is 39.6. The summed E-state index contributed by atoms with van der Waals surface area (Å²) in [5, 5.41) is 18.4. The molecule has 0 fully saturated rings. The molecule has 0 aliphatic rings. The largest absolute Gasteiger partial charge is 0.508 e. The second-order valence-electron chi connectivity index (χ2n) is 6.08. The SMILES string of the molecule is O=C[C@H](CCC(=O)O)NOc1ccc2c(=O)c(-c3ccc(O)cc3)coc2c1. The van der Waals surface area contributed by atoms with Gasteiger partial charge in [0.1, 0.15) is 23.9 Å². The normalized spacial score (nSPS) is 11.9. The number of carboxylic acid groups (broad SMARTS) is 1. The van der Waals surface area contributed by atoms with E-state index < -0.39 is 12.0 Å². The average molecular weight is 383 g/mol. The number of phenols is 1. The highest BCUT2D eigenvalue weighted by Gasteiger charge is 2.13. The lowest BCUT2D eigenvalue weighted by atomic mass is 10.1. The third-order valence-corrected chi connectivity index (χ3v) is 4.09. The summed E-state index contributed by atoms with van der Waals surface area (Å²) in [6.45, 7) is 0. The predicted octanol–water partition coefficient (Wildman–Crippen LogP) is 2.48. The van der Waals surface area contributed by atoms with Crippen molar-refractivity contribution in [2.45, 2.75) is 18.9 Å². The van der Waals surface area contributed by atoms with E-state index in [9.17, 15) is 19.5 Å². The lowest BCUT2D eigenvalue weighted by Crippen LogP contribution is -2.33. The molecule has 2 aromatic carbocycles. The van der Waals surface area contributed by atoms with E-state index in [4.69, 9.17) is 14.4 Å². The van der Waals surface area contributed by atoms with Crippen LogP contribution in [0.5, 0.6) is 11.5 Å². The molecular formula is C20H17NO7. The number of aromatic hydroxyl groups is 1. The zero-order valence-corrected chi connectivity index (χ0v) is 14.6. The molecule has 1 aromatic heterocycles. The molecule has 28 heavy (non-hydrogen) atoms. The van der Waals surface area contributed by atoms with Gasteiger partial charge in [-0.2, -0.15) is 0 Å². The second kappa shape index (κ2) is 8.36. The van der Waals surface area contributed by atoms with Gasteiger partial charge in [0.25, 0.3) is 0 Å². The van der Waals surface area contributed by atoms with Gasteiger partial charge in [-0.25, -0.2) is 0 Å². The lowest BCUT2D eigenvalue weighted by Gasteiger charge is -2.12. The zero-order valence-electron chi connectivity index (χ0n) is 14.6. The van der Waals surface area contributed by atoms with Crippen LogP contribution in [-0.4, -0.2) is 28.5 Å². The van der Waals surface area contributed by atoms with Crippen molar-refractivity contribution in [1.82, 2.24) is 5.48 Å². The number of aldehydes is 1. The quantitative estimate of drug-likeness (QED) is 0.400. The number of carbonyl (C=O) groups is 2. The monoisotopic (exact) mass is 383 g/mol. The van der Waals surface area contributed by atoms with Gasteiger partial charge in [0, 0.05) is 12.5 Å². The minimum absolute atomic E-state index is 0.0808. The van der Waals surface area contributed by atoms with Crippen LogP contribution >= 0.6 is 0 Å². The Labute approximate surface area is 158 Å². The molecule has 0 aliphatic carbocycles. The molecule has 0 amide bonds. The molecule has 3 rings (SSSR count). The lowest BCUT2D eigenvalue weighted by molar-refractivity contribution is -0.137. The van der Waals surface area contributed by atoms with Crippen molar-refractivity contribution in [3.63, 3.8) is 0 Å². The van der Waals surface area contributed by atoms with Crippen LogP contribution in [-0.2, 0) is 9.59 Å². The van der Waals surface area contributed by atoms with E-state index in [0.29, 0.717) is 34.1 Å². The van der Waals surface area contributed by atoms with E-state index in [-0.39, 0.29) is 24.0 Å². The first-order valence-corrected chi connectivity index (χ1v) is 8.42. The Balaban J connectivity index is 1.80. The predicted molar refractivity (Wildman–Crippen MR) is 100 cm³/mol. The Morgan fingerprint density at radius 3 is 2.64 bits per heavy atom. The van der Waals surface area contributed by atoms with Crippen LogP contribution in [0.15, 0.2) is 57.9 Å². The topological polar surface area (TPSA) is 126 Å². The molecule has 144 valence electrons. The van der Waals surface area contributed by atoms with Gasteiger partial charge in [-0.05, 0) is 36.2 Å². The number of rotatable bonds is 8. The summed E-state index contributed by atoms with van der Waals surface area (Å²) in [5.41, 5.74) is 3.51. The number of carboxylic acids is 1. The second-order valence-corrected chi connectivity index (χ2v) is 6.08. The summed E-state index contributed by atoms with van der Waals surface area (Å²) in [6.07, 6.45) is 1.80. The third kappa shape index (κ3) is 4.36. The number of aliphatic carboxylic acids is 1. The number of carbonyl (C=O) groups excluding carboxylic acids is 1. The summed E-state index contributed by atoms with van der Waals surface area (Å²) in [7, 11) is 0. The first-order valence-electron chi connectivity index (χ1n) is 8.42. The van der Waals surface area contributed by atoms with Crippen LogP contribution in [0.2, 0.25) is 0 Å². The van der Waals surface area contributed by atoms with Gasteiger partial charge < -0.3 is 24.3 Å². The van der Waals surface area contributed by atoms with Crippen molar-refractivity contribution in [3.05, 3.63) is 59.0 Å². The molecule has 8 nitrogen and oxygen atoms in total. The van der Waals surface area contributed by atoms with Gasteiger partial charge in [0.05, 0.1) is 17.0 Å². The van der Waals surface area contributed by atoms with Crippen LogP contribution in [0.25, 0.3) is 22.1 Å². The number of fused-ring (bicyclic) bond motifs is 1. The molecule has 1 heterocycles. The van der Waals surface area contributed by atoms with E-state index in [1.165, 1.54) is 36.6 Å². The molecule has 0 saturated heterocycles. The highest BCUT2D eigenvalue weighted by atomic mass is 16.6. The Hall–Kier alpha value is -3.65. The number of benzene rings is 2. The smallest absolute Gasteiger partial charge is 0.303 e. The van der Waals surface area contributed by atoms with Crippen molar-refractivity contribution in [2.24, 2.45) is 0 Å². The van der Waals surface area contributed by atoms with Crippen LogP contribution in [0, 0.1) is 0 Å². The number of hydroxylamine groups is 1. The fourth-order valence-electron chi connectivity index (χ4n) is 2.59. The van der Waals surface area contributed by atoms with E-state index in [2.05, 4.69) is 5.48 Å². The Kier molecular flexibility index (Phi) is 5.71. The van der Waals surface area contributed by atoms with E-state index in [0.717, 1.165) is 0 Å². The maximum atomic E-state index is 12.7. The number of hydrogen-bond donors (Lipinski definition) is 3. The fourth-order valence-corrected chi connectivity index (χ4v) is 2.59. The molecule has 0 aliphatic heterocycles. The molecule has 0 bridgehead atoms.